The minimum Gasteiger partial charge on any atom is -0.481 e. The molecule has 0 spiro atoms. The quantitative estimate of drug-likeness (QED) is 0.885. The Bertz CT molecular complexity index is 680. The van der Waals surface area contributed by atoms with E-state index in [1.165, 1.54) is 12.1 Å². The molecule has 0 radical (unpaired) electrons. The van der Waals surface area contributed by atoms with Crippen LogP contribution in [0.2, 0.25) is 0 Å². The zero-order valence-electron chi connectivity index (χ0n) is 13.4. The molecule has 4 aliphatic carbocycles. The lowest BCUT2D eigenvalue weighted by Gasteiger charge is -2.64. The summed E-state index contributed by atoms with van der Waals surface area (Å²) in [7, 11) is 0. The molecule has 4 fully saturated rings. The third-order valence-corrected chi connectivity index (χ3v) is 6.93. The van der Waals surface area contributed by atoms with Crippen molar-refractivity contribution in [2.45, 2.75) is 43.9 Å². The Morgan fingerprint density at radius 3 is 2.12 bits per heavy atom. The van der Waals surface area contributed by atoms with Crippen LogP contribution in [-0.4, -0.2) is 22.2 Å². The Labute approximate surface area is 139 Å². The maximum atomic E-state index is 13.4. The van der Waals surface area contributed by atoms with Crippen LogP contribution in [0.3, 0.4) is 0 Å². The van der Waals surface area contributed by atoms with Gasteiger partial charge in [-0.1, -0.05) is 12.1 Å². The second-order valence-corrected chi connectivity index (χ2v) is 8.05. The molecule has 1 aromatic carbocycles. The van der Waals surface area contributed by atoms with Gasteiger partial charge >= 0.3 is 11.9 Å². The molecule has 128 valence electrons. The maximum absolute atomic E-state index is 13.4. The monoisotopic (exact) mass is 332 g/mol. The number of halogens is 1. The summed E-state index contributed by atoms with van der Waals surface area (Å²) in [4.78, 5) is 23.6. The fraction of sp³-hybridized carbons (Fsp3) is 0.579. The molecule has 4 aliphatic rings. The predicted molar refractivity (Wildman–Crippen MR) is 84.0 cm³/mol. The minimum absolute atomic E-state index is 0.00359. The summed E-state index contributed by atoms with van der Waals surface area (Å²) in [5.41, 5.74) is -0.380. The van der Waals surface area contributed by atoms with Crippen LogP contribution in [-0.2, 0) is 15.0 Å². The lowest BCUT2D eigenvalue weighted by atomic mass is 9.39. The molecule has 0 aliphatic heterocycles. The summed E-state index contributed by atoms with van der Waals surface area (Å²) in [6, 6.07) is 6.18. The summed E-state index contributed by atoms with van der Waals surface area (Å²) in [5.74, 6) is -1.47. The Kier molecular flexibility index (Phi) is 3.28. The molecule has 0 amide bonds. The number of carboxylic acids is 2. The van der Waals surface area contributed by atoms with Gasteiger partial charge in [-0.15, -0.1) is 0 Å². The number of hydrogen-bond acceptors (Lipinski definition) is 2. The van der Waals surface area contributed by atoms with E-state index in [9.17, 15) is 24.2 Å². The summed E-state index contributed by atoms with van der Waals surface area (Å²) in [6.45, 7) is 0. The third-order valence-electron chi connectivity index (χ3n) is 6.93. The highest BCUT2D eigenvalue weighted by Gasteiger charge is 2.65. The van der Waals surface area contributed by atoms with E-state index in [1.807, 2.05) is 0 Å². The SMILES string of the molecule is O=C(O)CC1(c2ccc(F)cc2)C2CC3CC1CC(C(=O)O)(C3)C2. The first kappa shape index (κ1) is 15.6. The fourth-order valence-electron chi connectivity index (χ4n) is 6.23. The van der Waals surface area contributed by atoms with Gasteiger partial charge in [0.25, 0.3) is 0 Å². The van der Waals surface area contributed by atoms with Crippen LogP contribution >= 0.6 is 0 Å². The average Bonchev–Trinajstić information content (AvgIpc) is 2.51. The van der Waals surface area contributed by atoms with Gasteiger partial charge in [0.1, 0.15) is 5.82 Å². The average molecular weight is 332 g/mol. The van der Waals surface area contributed by atoms with Crippen LogP contribution in [0, 0.1) is 29.0 Å². The van der Waals surface area contributed by atoms with Crippen molar-refractivity contribution >= 4 is 11.9 Å². The van der Waals surface area contributed by atoms with Crippen LogP contribution in [0.1, 0.15) is 44.1 Å². The van der Waals surface area contributed by atoms with Gasteiger partial charge in [-0.2, -0.15) is 0 Å². The molecule has 0 heterocycles. The maximum Gasteiger partial charge on any atom is 0.309 e. The molecule has 5 rings (SSSR count). The predicted octanol–water partition coefficient (Wildman–Crippen LogP) is 3.45. The molecule has 0 aromatic heterocycles. The Balaban J connectivity index is 1.82. The van der Waals surface area contributed by atoms with Crippen LogP contribution in [0.25, 0.3) is 0 Å². The Morgan fingerprint density at radius 2 is 1.62 bits per heavy atom. The largest absolute Gasteiger partial charge is 0.481 e. The van der Waals surface area contributed by atoms with E-state index in [4.69, 9.17) is 0 Å². The van der Waals surface area contributed by atoms with Crippen molar-refractivity contribution in [2.24, 2.45) is 23.2 Å². The van der Waals surface area contributed by atoms with Gasteiger partial charge in [0.15, 0.2) is 0 Å². The van der Waals surface area contributed by atoms with Gasteiger partial charge in [-0.25, -0.2) is 4.39 Å². The highest BCUT2D eigenvalue weighted by Crippen LogP contribution is 2.68. The molecular formula is C19H21FO4. The van der Waals surface area contributed by atoms with Gasteiger partial charge < -0.3 is 10.2 Å². The molecule has 4 saturated carbocycles. The highest BCUT2D eigenvalue weighted by atomic mass is 19.1. The number of carbonyl (C=O) groups is 2. The molecule has 2 atom stereocenters. The standard InChI is InChI=1S/C19H21FO4/c20-15-3-1-12(2-4-15)19(10-16(21)22)13-5-11-6-14(19)9-18(7-11,8-13)17(23)24/h1-4,11,13-14H,5-10H2,(H,21,22)(H,23,24). The van der Waals surface area contributed by atoms with E-state index in [0.29, 0.717) is 18.8 Å². The number of aliphatic carboxylic acids is 2. The zero-order chi connectivity index (χ0) is 17.1. The summed E-state index contributed by atoms with van der Waals surface area (Å²) < 4.78 is 13.4. The third kappa shape index (κ3) is 2.03. The molecule has 4 bridgehead atoms. The summed E-state index contributed by atoms with van der Waals surface area (Å²) in [6.07, 6.45) is 3.57. The van der Waals surface area contributed by atoms with Crippen molar-refractivity contribution in [3.8, 4) is 0 Å². The normalized spacial score (nSPS) is 39.8. The summed E-state index contributed by atoms with van der Waals surface area (Å²) in [5, 5.41) is 19.3. The number of carboxylic acid groups (broad SMARTS) is 2. The van der Waals surface area contributed by atoms with Crippen LogP contribution in [0.4, 0.5) is 4.39 Å². The van der Waals surface area contributed by atoms with E-state index in [0.717, 1.165) is 24.8 Å². The molecule has 1 aromatic rings. The van der Waals surface area contributed by atoms with Crippen molar-refractivity contribution < 1.29 is 24.2 Å². The van der Waals surface area contributed by atoms with Crippen molar-refractivity contribution in [3.63, 3.8) is 0 Å². The van der Waals surface area contributed by atoms with Gasteiger partial charge in [-0.3, -0.25) is 9.59 Å². The first-order chi connectivity index (χ1) is 11.4. The second kappa shape index (κ2) is 5.04. The lowest BCUT2D eigenvalue weighted by molar-refractivity contribution is -0.177. The van der Waals surface area contributed by atoms with Gasteiger partial charge in [0.2, 0.25) is 0 Å². The molecule has 2 N–H and O–H groups in total. The van der Waals surface area contributed by atoms with Crippen molar-refractivity contribution in [1.82, 2.24) is 0 Å². The first-order valence-corrected chi connectivity index (χ1v) is 8.57. The van der Waals surface area contributed by atoms with Gasteiger partial charge in [-0.05, 0) is 67.6 Å². The zero-order valence-corrected chi connectivity index (χ0v) is 13.4. The topological polar surface area (TPSA) is 74.6 Å². The van der Waals surface area contributed by atoms with E-state index in [-0.39, 0.29) is 24.1 Å². The Morgan fingerprint density at radius 1 is 1.04 bits per heavy atom. The molecule has 0 saturated heterocycles. The molecule has 24 heavy (non-hydrogen) atoms. The van der Waals surface area contributed by atoms with E-state index < -0.39 is 22.8 Å². The number of hydrogen-bond donors (Lipinski definition) is 2. The second-order valence-electron chi connectivity index (χ2n) is 8.05. The van der Waals surface area contributed by atoms with Gasteiger partial charge in [0, 0.05) is 5.41 Å². The van der Waals surface area contributed by atoms with Gasteiger partial charge in [0.05, 0.1) is 11.8 Å². The Hall–Kier alpha value is -1.91. The molecule has 2 unspecified atom stereocenters. The van der Waals surface area contributed by atoms with E-state index in [2.05, 4.69) is 0 Å². The number of benzene rings is 1. The molecule has 5 heteroatoms. The van der Waals surface area contributed by atoms with E-state index >= 15 is 0 Å². The van der Waals surface area contributed by atoms with Crippen LogP contribution < -0.4 is 0 Å². The first-order valence-electron chi connectivity index (χ1n) is 8.57. The molecular weight excluding hydrogens is 311 g/mol. The number of rotatable bonds is 4. The van der Waals surface area contributed by atoms with Crippen molar-refractivity contribution in [2.75, 3.05) is 0 Å². The summed E-state index contributed by atoms with van der Waals surface area (Å²) >= 11 is 0. The smallest absolute Gasteiger partial charge is 0.309 e. The minimum atomic E-state index is -0.865. The van der Waals surface area contributed by atoms with E-state index in [1.54, 1.807) is 12.1 Å². The molecule has 4 nitrogen and oxygen atoms in total. The highest BCUT2D eigenvalue weighted by molar-refractivity contribution is 5.76. The lowest BCUT2D eigenvalue weighted by Crippen LogP contribution is -2.61. The van der Waals surface area contributed by atoms with Crippen molar-refractivity contribution in [3.05, 3.63) is 35.6 Å². The van der Waals surface area contributed by atoms with Crippen LogP contribution in [0.5, 0.6) is 0 Å². The van der Waals surface area contributed by atoms with Crippen molar-refractivity contribution in [1.29, 1.82) is 0 Å². The fourth-order valence-corrected chi connectivity index (χ4v) is 6.23. The van der Waals surface area contributed by atoms with Crippen LogP contribution in [0.15, 0.2) is 24.3 Å².